The van der Waals surface area contributed by atoms with Crippen molar-refractivity contribution >= 4 is 40.1 Å². The molecule has 1 fully saturated rings. The van der Waals surface area contributed by atoms with Gasteiger partial charge in [0.25, 0.3) is 17.4 Å². The molecule has 2 unspecified atom stereocenters. The molecule has 2 amide bonds. The lowest BCUT2D eigenvalue weighted by Crippen LogP contribution is -2.55. The van der Waals surface area contributed by atoms with Crippen molar-refractivity contribution in [1.82, 2.24) is 19.5 Å². The Labute approximate surface area is 219 Å². The normalized spacial score (nSPS) is 16.2. The van der Waals surface area contributed by atoms with Crippen LogP contribution in [0.25, 0.3) is 16.7 Å². The summed E-state index contributed by atoms with van der Waals surface area (Å²) < 4.78 is 38.0. The minimum absolute atomic E-state index is 0.00678. The molecule has 5 rings (SSSR count). The molecule has 206 valence electrons. The van der Waals surface area contributed by atoms with Crippen molar-refractivity contribution in [3.05, 3.63) is 59.1 Å². The summed E-state index contributed by atoms with van der Waals surface area (Å²) in [4.78, 5) is 38.5. The standard InChI is InChI=1S/C22H19F2N7O6.C2H6/c23-22(24)30-10-12(2-4-16(30)32)31-6-5-15(27-31)29-7-8-36-18(21(29)35)17(33)20(34)26-11-1-3-13-14(9-11)37-28-19(13)25;1-2/h1-6,9-10,17-18,22,33H,7-8H2,(H2,25,28)(H,26,34);1-2H3. The molecule has 1 aliphatic rings. The first-order valence-corrected chi connectivity index (χ1v) is 11.9. The van der Waals surface area contributed by atoms with Gasteiger partial charge < -0.3 is 25.4 Å². The number of hydrogen-bond acceptors (Lipinski definition) is 9. The minimum atomic E-state index is -3.03. The molecule has 1 aliphatic heterocycles. The lowest BCUT2D eigenvalue weighted by molar-refractivity contribution is -0.150. The second-order valence-electron chi connectivity index (χ2n) is 8.02. The molecule has 0 bridgehead atoms. The predicted octanol–water partition coefficient (Wildman–Crippen LogP) is 1.91. The first-order chi connectivity index (χ1) is 18.7. The van der Waals surface area contributed by atoms with Gasteiger partial charge in [-0.15, -0.1) is 5.10 Å². The Balaban J connectivity index is 0.00000172. The molecular weight excluding hydrogens is 520 g/mol. The van der Waals surface area contributed by atoms with Gasteiger partial charge in [-0.2, -0.15) is 8.78 Å². The quantitative estimate of drug-likeness (QED) is 0.327. The van der Waals surface area contributed by atoms with Crippen molar-refractivity contribution in [2.24, 2.45) is 0 Å². The van der Waals surface area contributed by atoms with Crippen LogP contribution in [0.1, 0.15) is 20.4 Å². The van der Waals surface area contributed by atoms with Gasteiger partial charge in [-0.25, -0.2) is 4.68 Å². The number of nitrogens with one attached hydrogen (secondary N) is 1. The Morgan fingerprint density at radius 2 is 1.97 bits per heavy atom. The zero-order valence-corrected chi connectivity index (χ0v) is 20.8. The Morgan fingerprint density at radius 1 is 1.21 bits per heavy atom. The summed E-state index contributed by atoms with van der Waals surface area (Å²) >= 11 is 0. The summed E-state index contributed by atoms with van der Waals surface area (Å²) in [7, 11) is 0. The van der Waals surface area contributed by atoms with Crippen LogP contribution in [0.5, 0.6) is 0 Å². The summed E-state index contributed by atoms with van der Waals surface area (Å²) in [5, 5.41) is 21.5. The lowest BCUT2D eigenvalue weighted by Gasteiger charge is -2.32. The summed E-state index contributed by atoms with van der Waals surface area (Å²) in [6.45, 7) is 1.03. The monoisotopic (exact) mass is 545 g/mol. The van der Waals surface area contributed by atoms with Gasteiger partial charge in [0.2, 0.25) is 0 Å². The fraction of sp³-hybridized carbons (Fsp3) is 0.292. The number of aliphatic hydroxyl groups is 1. The van der Waals surface area contributed by atoms with E-state index in [4.69, 9.17) is 15.0 Å². The van der Waals surface area contributed by atoms with Crippen molar-refractivity contribution in [3.8, 4) is 5.69 Å². The zero-order chi connectivity index (χ0) is 28.3. The van der Waals surface area contributed by atoms with E-state index in [1.807, 2.05) is 13.8 Å². The number of nitrogens with zero attached hydrogens (tertiary/aromatic N) is 5. The number of aliphatic hydroxyl groups excluding tert-OH is 1. The maximum absolute atomic E-state index is 13.1. The Kier molecular flexibility index (Phi) is 8.01. The number of aromatic nitrogens is 4. The van der Waals surface area contributed by atoms with E-state index in [0.29, 0.717) is 11.0 Å². The number of amides is 2. The second-order valence-corrected chi connectivity index (χ2v) is 8.02. The number of nitrogens with two attached hydrogens (primary N) is 1. The van der Waals surface area contributed by atoms with Crippen molar-refractivity contribution in [1.29, 1.82) is 0 Å². The van der Waals surface area contributed by atoms with Crippen molar-refractivity contribution in [3.63, 3.8) is 0 Å². The van der Waals surface area contributed by atoms with E-state index in [-0.39, 0.29) is 40.7 Å². The largest absolute Gasteiger partial charge is 0.380 e. The summed E-state index contributed by atoms with van der Waals surface area (Å²) in [5.41, 5.74) is 5.54. The predicted molar refractivity (Wildman–Crippen MR) is 136 cm³/mol. The van der Waals surface area contributed by atoms with Gasteiger partial charge in [-0.1, -0.05) is 19.0 Å². The molecule has 2 atom stereocenters. The molecule has 39 heavy (non-hydrogen) atoms. The number of hydrogen-bond donors (Lipinski definition) is 3. The number of nitrogen functional groups attached to an aromatic ring is 1. The number of ether oxygens (including phenoxy) is 1. The van der Waals surface area contributed by atoms with Crippen LogP contribution in [0.3, 0.4) is 0 Å². The van der Waals surface area contributed by atoms with Gasteiger partial charge in [-0.05, 0) is 18.2 Å². The van der Waals surface area contributed by atoms with Gasteiger partial charge in [-0.3, -0.25) is 23.9 Å². The third-order valence-electron chi connectivity index (χ3n) is 5.69. The Hall–Kier alpha value is -4.63. The first kappa shape index (κ1) is 27.4. The number of alkyl halides is 2. The highest BCUT2D eigenvalue weighted by atomic mass is 19.3. The van der Waals surface area contributed by atoms with Gasteiger partial charge in [0.1, 0.15) is 0 Å². The Bertz CT molecular complexity index is 1550. The lowest BCUT2D eigenvalue weighted by atomic mass is 10.1. The average molecular weight is 546 g/mol. The van der Waals surface area contributed by atoms with Crippen molar-refractivity contribution in [2.45, 2.75) is 32.6 Å². The molecule has 4 N–H and O–H groups in total. The number of rotatable bonds is 6. The van der Waals surface area contributed by atoms with Gasteiger partial charge in [0, 0.05) is 36.3 Å². The van der Waals surface area contributed by atoms with E-state index in [2.05, 4.69) is 15.6 Å². The van der Waals surface area contributed by atoms with Crippen molar-refractivity contribution < 1.29 is 32.7 Å². The molecule has 13 nitrogen and oxygen atoms in total. The van der Waals surface area contributed by atoms with E-state index >= 15 is 0 Å². The molecule has 3 aromatic heterocycles. The zero-order valence-electron chi connectivity index (χ0n) is 20.8. The number of halogens is 2. The maximum Gasteiger partial charge on any atom is 0.321 e. The SMILES string of the molecule is CC.Nc1noc2cc(NC(=O)C(O)C3OCCN(c4ccn(-c5ccc(=O)n(C(F)F)c5)n4)C3=O)ccc12. The van der Waals surface area contributed by atoms with Crippen LogP contribution in [0, 0.1) is 0 Å². The van der Waals surface area contributed by atoms with Crippen LogP contribution < -0.4 is 21.5 Å². The molecule has 15 heteroatoms. The number of carbonyl (C=O) groups excluding carboxylic acids is 2. The summed E-state index contributed by atoms with van der Waals surface area (Å²) in [5.74, 6) is -1.30. The van der Waals surface area contributed by atoms with Gasteiger partial charge >= 0.3 is 6.55 Å². The fourth-order valence-electron chi connectivity index (χ4n) is 3.83. The van der Waals surface area contributed by atoms with Crippen LogP contribution >= 0.6 is 0 Å². The third kappa shape index (κ3) is 5.49. The second kappa shape index (κ2) is 11.4. The van der Waals surface area contributed by atoms with E-state index in [1.165, 1.54) is 40.0 Å². The Morgan fingerprint density at radius 3 is 2.72 bits per heavy atom. The topological polar surface area (TPSA) is 171 Å². The number of fused-ring (bicyclic) bond motifs is 1. The first-order valence-electron chi connectivity index (χ1n) is 11.9. The van der Waals surface area contributed by atoms with Gasteiger partial charge in [0.15, 0.2) is 29.4 Å². The smallest absolute Gasteiger partial charge is 0.321 e. The molecular formula is C24H25F2N7O6. The average Bonchev–Trinajstić information content (AvgIpc) is 3.57. The minimum Gasteiger partial charge on any atom is -0.380 e. The van der Waals surface area contributed by atoms with E-state index in [1.54, 1.807) is 6.07 Å². The fourth-order valence-corrected chi connectivity index (χ4v) is 3.83. The van der Waals surface area contributed by atoms with Crippen LogP contribution in [0.15, 0.2) is 58.1 Å². The highest BCUT2D eigenvalue weighted by molar-refractivity contribution is 6.04. The van der Waals surface area contributed by atoms with Crippen LogP contribution in [0.2, 0.25) is 0 Å². The molecule has 1 saturated heterocycles. The third-order valence-corrected chi connectivity index (χ3v) is 5.69. The molecule has 0 aliphatic carbocycles. The van der Waals surface area contributed by atoms with Crippen LogP contribution in [0.4, 0.5) is 26.1 Å². The molecule has 4 aromatic rings. The van der Waals surface area contributed by atoms with Gasteiger partial charge in [0.05, 0.1) is 24.2 Å². The van der Waals surface area contributed by atoms with Crippen LogP contribution in [-0.2, 0) is 14.3 Å². The summed E-state index contributed by atoms with van der Waals surface area (Å²) in [6.07, 6.45) is -1.03. The van der Waals surface area contributed by atoms with E-state index in [9.17, 15) is 28.3 Å². The summed E-state index contributed by atoms with van der Waals surface area (Å²) in [6, 6.07) is 8.30. The number of carbonyl (C=O) groups is 2. The molecule has 4 heterocycles. The van der Waals surface area contributed by atoms with Crippen LogP contribution in [-0.4, -0.2) is 61.8 Å². The highest BCUT2D eigenvalue weighted by Crippen LogP contribution is 2.25. The van der Waals surface area contributed by atoms with E-state index in [0.717, 1.165) is 12.3 Å². The van der Waals surface area contributed by atoms with E-state index < -0.39 is 36.1 Å². The van der Waals surface area contributed by atoms with Crippen molar-refractivity contribution in [2.75, 3.05) is 29.1 Å². The highest BCUT2D eigenvalue weighted by Gasteiger charge is 2.40. The number of benzene rings is 1. The molecule has 1 aromatic carbocycles. The number of morpholine rings is 1. The maximum atomic E-state index is 13.1. The number of anilines is 3. The number of pyridine rings is 1. The molecule has 0 spiro atoms. The molecule has 0 radical (unpaired) electrons. The molecule has 0 saturated carbocycles.